The van der Waals surface area contributed by atoms with Crippen molar-refractivity contribution < 1.29 is 4.92 Å². The number of nitro groups is 1. The minimum Gasteiger partial charge on any atom is -0.377 e. The molecule has 0 atom stereocenters. The van der Waals surface area contributed by atoms with Crippen LogP contribution in [-0.2, 0) is 6.54 Å². The van der Waals surface area contributed by atoms with Gasteiger partial charge in [0.05, 0.1) is 23.2 Å². The van der Waals surface area contributed by atoms with E-state index in [4.69, 9.17) is 0 Å². The molecule has 102 valence electrons. The molecule has 0 aliphatic heterocycles. The number of nitro benzene ring substituents is 1. The van der Waals surface area contributed by atoms with Crippen LogP contribution in [-0.4, -0.2) is 31.3 Å². The number of nitrogens with one attached hydrogen (secondary N) is 1. The van der Waals surface area contributed by atoms with E-state index in [1.807, 2.05) is 0 Å². The van der Waals surface area contributed by atoms with Gasteiger partial charge < -0.3 is 5.32 Å². The van der Waals surface area contributed by atoms with Crippen LogP contribution in [0, 0.1) is 10.1 Å². The van der Waals surface area contributed by atoms with E-state index in [1.54, 1.807) is 24.0 Å². The standard InChI is InChI=1S/C11H10N6O2S/c1-12-11-9(14-15-20-11)6-16-10-4-8(17(18)19)3-2-7(10)5-13-16/h2-5,12H,6H2,1H3. The zero-order chi connectivity index (χ0) is 14.1. The monoisotopic (exact) mass is 290 g/mol. The first-order chi connectivity index (χ1) is 9.69. The fourth-order valence-corrected chi connectivity index (χ4v) is 2.47. The topological polar surface area (TPSA) is 98.8 Å². The zero-order valence-corrected chi connectivity index (χ0v) is 11.3. The van der Waals surface area contributed by atoms with Crippen LogP contribution in [0.4, 0.5) is 10.7 Å². The third-order valence-electron chi connectivity index (χ3n) is 2.92. The smallest absolute Gasteiger partial charge is 0.271 e. The molecule has 20 heavy (non-hydrogen) atoms. The van der Waals surface area contributed by atoms with Crippen molar-refractivity contribution in [2.75, 3.05) is 12.4 Å². The Hall–Kier alpha value is -2.55. The van der Waals surface area contributed by atoms with Crippen LogP contribution < -0.4 is 5.32 Å². The van der Waals surface area contributed by atoms with Gasteiger partial charge in [-0.25, -0.2) is 0 Å². The third kappa shape index (κ3) is 2.07. The molecule has 1 aromatic carbocycles. The van der Waals surface area contributed by atoms with Gasteiger partial charge in [0.25, 0.3) is 5.69 Å². The van der Waals surface area contributed by atoms with Gasteiger partial charge in [0.15, 0.2) is 0 Å². The Morgan fingerprint density at radius 1 is 1.50 bits per heavy atom. The molecule has 0 unspecified atom stereocenters. The van der Waals surface area contributed by atoms with Crippen molar-refractivity contribution in [3.8, 4) is 0 Å². The summed E-state index contributed by atoms with van der Waals surface area (Å²) in [5.41, 5.74) is 1.51. The summed E-state index contributed by atoms with van der Waals surface area (Å²) in [4.78, 5) is 10.4. The van der Waals surface area contributed by atoms with Crippen molar-refractivity contribution in [2.45, 2.75) is 6.54 Å². The lowest BCUT2D eigenvalue weighted by Crippen LogP contribution is -2.04. The van der Waals surface area contributed by atoms with Crippen molar-refractivity contribution in [3.63, 3.8) is 0 Å². The van der Waals surface area contributed by atoms with Crippen LogP contribution >= 0.6 is 11.5 Å². The van der Waals surface area contributed by atoms with Gasteiger partial charge in [-0.05, 0) is 6.07 Å². The highest BCUT2D eigenvalue weighted by atomic mass is 32.1. The van der Waals surface area contributed by atoms with E-state index in [1.165, 1.54) is 23.7 Å². The summed E-state index contributed by atoms with van der Waals surface area (Å²) in [7, 11) is 1.80. The first-order valence-electron chi connectivity index (χ1n) is 5.78. The second-order valence-electron chi connectivity index (χ2n) is 4.10. The summed E-state index contributed by atoms with van der Waals surface area (Å²) in [6.07, 6.45) is 1.68. The first-order valence-corrected chi connectivity index (χ1v) is 6.55. The quantitative estimate of drug-likeness (QED) is 0.582. The zero-order valence-electron chi connectivity index (χ0n) is 10.5. The van der Waals surface area contributed by atoms with Crippen molar-refractivity contribution in [1.29, 1.82) is 0 Å². The molecule has 2 aromatic heterocycles. The second kappa shape index (κ2) is 4.85. The van der Waals surface area contributed by atoms with E-state index in [-0.39, 0.29) is 5.69 Å². The number of non-ortho nitro benzene ring substituents is 1. The number of aromatic nitrogens is 4. The van der Waals surface area contributed by atoms with Gasteiger partial charge in [0, 0.05) is 36.1 Å². The van der Waals surface area contributed by atoms with Crippen LogP contribution in [0.1, 0.15) is 5.69 Å². The van der Waals surface area contributed by atoms with Crippen molar-refractivity contribution >= 4 is 33.1 Å². The van der Waals surface area contributed by atoms with Gasteiger partial charge in [-0.1, -0.05) is 4.49 Å². The Morgan fingerprint density at radius 3 is 3.10 bits per heavy atom. The van der Waals surface area contributed by atoms with E-state index in [0.29, 0.717) is 12.1 Å². The summed E-state index contributed by atoms with van der Waals surface area (Å²) in [6.45, 7) is 0.414. The summed E-state index contributed by atoms with van der Waals surface area (Å²) in [5, 5.41) is 23.8. The molecule has 0 radical (unpaired) electrons. The van der Waals surface area contributed by atoms with Gasteiger partial charge in [0.1, 0.15) is 10.7 Å². The lowest BCUT2D eigenvalue weighted by Gasteiger charge is -2.02. The lowest BCUT2D eigenvalue weighted by atomic mass is 10.2. The number of nitrogens with zero attached hydrogens (tertiary/aromatic N) is 5. The molecular weight excluding hydrogens is 280 g/mol. The Morgan fingerprint density at radius 2 is 2.35 bits per heavy atom. The summed E-state index contributed by atoms with van der Waals surface area (Å²) in [5.74, 6) is 0. The minimum absolute atomic E-state index is 0.0458. The predicted octanol–water partition coefficient (Wildman–Crippen LogP) is 1.89. The molecule has 0 saturated heterocycles. The molecule has 8 nitrogen and oxygen atoms in total. The average Bonchev–Trinajstić information content (AvgIpc) is 3.05. The van der Waals surface area contributed by atoms with E-state index in [0.717, 1.165) is 16.1 Å². The Labute approximate surface area is 117 Å². The van der Waals surface area contributed by atoms with Gasteiger partial charge in [-0.3, -0.25) is 14.8 Å². The van der Waals surface area contributed by atoms with Crippen LogP contribution in [0.25, 0.3) is 10.9 Å². The third-order valence-corrected chi connectivity index (χ3v) is 3.71. The highest BCUT2D eigenvalue weighted by molar-refractivity contribution is 7.10. The van der Waals surface area contributed by atoms with Crippen molar-refractivity contribution in [1.82, 2.24) is 19.4 Å². The van der Waals surface area contributed by atoms with E-state index < -0.39 is 4.92 Å². The molecule has 0 fully saturated rings. The number of anilines is 1. The van der Waals surface area contributed by atoms with Gasteiger partial charge in [0.2, 0.25) is 0 Å². The van der Waals surface area contributed by atoms with E-state index in [2.05, 4.69) is 20.0 Å². The Bertz CT molecular complexity index is 780. The molecule has 0 aliphatic rings. The molecule has 0 saturated carbocycles. The second-order valence-corrected chi connectivity index (χ2v) is 4.86. The SMILES string of the molecule is CNc1snnc1Cn1ncc2ccc([N+](=O)[O-])cc21. The highest BCUT2D eigenvalue weighted by Gasteiger charge is 2.13. The molecule has 9 heteroatoms. The van der Waals surface area contributed by atoms with E-state index >= 15 is 0 Å². The van der Waals surface area contributed by atoms with Gasteiger partial charge in [-0.15, -0.1) is 5.10 Å². The largest absolute Gasteiger partial charge is 0.377 e. The fourth-order valence-electron chi connectivity index (χ4n) is 1.94. The number of benzene rings is 1. The summed E-state index contributed by atoms with van der Waals surface area (Å²) < 4.78 is 5.56. The molecule has 0 amide bonds. The molecular formula is C11H10N6O2S. The molecule has 2 heterocycles. The maximum atomic E-state index is 10.8. The van der Waals surface area contributed by atoms with Crippen LogP contribution in [0.15, 0.2) is 24.4 Å². The number of hydrogen-bond acceptors (Lipinski definition) is 7. The average molecular weight is 290 g/mol. The first kappa shape index (κ1) is 12.5. The van der Waals surface area contributed by atoms with Crippen LogP contribution in [0.3, 0.4) is 0 Å². The number of hydrogen-bond donors (Lipinski definition) is 1. The maximum absolute atomic E-state index is 10.8. The fraction of sp³-hybridized carbons (Fsp3) is 0.182. The van der Waals surface area contributed by atoms with Gasteiger partial charge >= 0.3 is 0 Å². The Kier molecular flexibility index (Phi) is 3.03. The molecule has 0 spiro atoms. The van der Waals surface area contributed by atoms with Gasteiger partial charge in [-0.2, -0.15) is 5.10 Å². The molecule has 3 aromatic rings. The van der Waals surface area contributed by atoms with Crippen molar-refractivity contribution in [2.24, 2.45) is 0 Å². The maximum Gasteiger partial charge on any atom is 0.271 e. The minimum atomic E-state index is -0.416. The number of fused-ring (bicyclic) bond motifs is 1. The summed E-state index contributed by atoms with van der Waals surface area (Å²) in [6, 6.07) is 4.67. The van der Waals surface area contributed by atoms with E-state index in [9.17, 15) is 10.1 Å². The predicted molar refractivity (Wildman–Crippen MR) is 74.9 cm³/mol. The number of rotatable bonds is 4. The molecule has 3 rings (SSSR count). The molecule has 1 N–H and O–H groups in total. The van der Waals surface area contributed by atoms with Crippen LogP contribution in [0.5, 0.6) is 0 Å². The lowest BCUT2D eigenvalue weighted by molar-refractivity contribution is -0.384. The Balaban J connectivity index is 2.03. The highest BCUT2D eigenvalue weighted by Crippen LogP contribution is 2.23. The molecule has 0 aliphatic carbocycles. The molecule has 0 bridgehead atoms. The normalized spacial score (nSPS) is 10.8. The summed E-state index contributed by atoms with van der Waals surface area (Å²) >= 11 is 1.26. The van der Waals surface area contributed by atoms with Crippen LogP contribution in [0.2, 0.25) is 0 Å². The van der Waals surface area contributed by atoms with Crippen molar-refractivity contribution in [3.05, 3.63) is 40.2 Å².